The summed E-state index contributed by atoms with van der Waals surface area (Å²) in [5, 5.41) is 10.5. The summed E-state index contributed by atoms with van der Waals surface area (Å²) in [5.74, 6) is 1.99. The van der Waals surface area contributed by atoms with Crippen LogP contribution < -0.4 is 10.6 Å². The van der Waals surface area contributed by atoms with E-state index in [1.807, 2.05) is 13.8 Å². The molecule has 1 aromatic rings. The number of hydrogen-bond acceptors (Lipinski definition) is 5. The largest absolute Gasteiger partial charge is 0.361 e. The summed E-state index contributed by atoms with van der Waals surface area (Å²) in [7, 11) is 0. The zero-order chi connectivity index (χ0) is 19.2. The molecule has 2 aliphatic rings. The molecule has 0 aromatic carbocycles. The van der Waals surface area contributed by atoms with Crippen LogP contribution in [0.4, 0.5) is 0 Å². The van der Waals surface area contributed by atoms with Gasteiger partial charge in [-0.25, -0.2) is 0 Å². The predicted octanol–water partition coefficient (Wildman–Crippen LogP) is 1.31. The maximum atomic E-state index is 12.0. The van der Waals surface area contributed by atoms with Gasteiger partial charge < -0.3 is 20.1 Å². The van der Waals surface area contributed by atoms with E-state index in [1.165, 1.54) is 0 Å². The van der Waals surface area contributed by atoms with Gasteiger partial charge in [-0.15, -0.1) is 24.0 Å². The molecule has 1 saturated heterocycles. The normalized spacial score (nSPS) is 18.0. The van der Waals surface area contributed by atoms with Crippen LogP contribution in [0.2, 0.25) is 0 Å². The van der Waals surface area contributed by atoms with Gasteiger partial charge in [0.2, 0.25) is 5.91 Å². The minimum absolute atomic E-state index is 0. The summed E-state index contributed by atoms with van der Waals surface area (Å²) in [5.41, 5.74) is 2.10. The van der Waals surface area contributed by atoms with Gasteiger partial charge in [-0.1, -0.05) is 5.16 Å². The molecule has 8 nitrogen and oxygen atoms in total. The topological polar surface area (TPSA) is 86.0 Å². The molecule has 2 N–H and O–H groups in total. The first-order valence-electron chi connectivity index (χ1n) is 10.0. The Morgan fingerprint density at radius 3 is 2.54 bits per heavy atom. The highest BCUT2D eigenvalue weighted by Crippen LogP contribution is 2.18. The molecule has 0 radical (unpaired) electrons. The van der Waals surface area contributed by atoms with E-state index in [9.17, 15) is 4.79 Å². The van der Waals surface area contributed by atoms with Gasteiger partial charge in [0.1, 0.15) is 5.76 Å². The maximum absolute atomic E-state index is 12.0. The number of aliphatic imine (C=N–C) groups is 1. The van der Waals surface area contributed by atoms with E-state index in [1.54, 1.807) is 0 Å². The molecule has 2 fully saturated rings. The Hall–Kier alpha value is -1.36. The van der Waals surface area contributed by atoms with E-state index in [0.717, 1.165) is 75.0 Å². The van der Waals surface area contributed by atoms with Gasteiger partial charge in [-0.3, -0.25) is 14.7 Å². The van der Waals surface area contributed by atoms with Crippen LogP contribution in [0.1, 0.15) is 36.8 Å². The minimum Gasteiger partial charge on any atom is -0.361 e. The molecule has 1 aliphatic carbocycles. The standard InChI is InChI=1S/C19H32N6O2.HI/c1-4-20-19(21-8-7-17-14(2)23-27-15(17)3)25-11-9-24(10-12-25)13-18(26)22-16-5-6-16;/h16H,4-13H2,1-3H3,(H,20,21)(H,22,26);1H. The minimum atomic E-state index is 0. The average molecular weight is 504 g/mol. The van der Waals surface area contributed by atoms with E-state index >= 15 is 0 Å². The summed E-state index contributed by atoms with van der Waals surface area (Å²) in [6.07, 6.45) is 3.10. The molecule has 1 amide bonds. The Bertz CT molecular complexity index is 646. The molecule has 28 heavy (non-hydrogen) atoms. The van der Waals surface area contributed by atoms with Crippen molar-refractivity contribution in [3.8, 4) is 0 Å². The van der Waals surface area contributed by atoms with Crippen molar-refractivity contribution in [1.82, 2.24) is 25.6 Å². The molecule has 1 aliphatic heterocycles. The van der Waals surface area contributed by atoms with Crippen LogP contribution in [0.15, 0.2) is 9.52 Å². The van der Waals surface area contributed by atoms with Gasteiger partial charge in [0.25, 0.3) is 0 Å². The van der Waals surface area contributed by atoms with Crippen molar-refractivity contribution in [2.45, 2.75) is 46.1 Å². The third-order valence-electron chi connectivity index (χ3n) is 5.12. The molecule has 1 aromatic heterocycles. The van der Waals surface area contributed by atoms with Crippen molar-refractivity contribution in [3.05, 3.63) is 17.0 Å². The van der Waals surface area contributed by atoms with Crippen LogP contribution in [-0.4, -0.2) is 78.7 Å². The highest BCUT2D eigenvalue weighted by atomic mass is 127. The number of nitrogens with one attached hydrogen (secondary N) is 2. The fraction of sp³-hybridized carbons (Fsp3) is 0.737. The molecule has 9 heteroatoms. The Labute approximate surface area is 184 Å². The van der Waals surface area contributed by atoms with Crippen LogP contribution in [0.3, 0.4) is 0 Å². The summed E-state index contributed by atoms with van der Waals surface area (Å²) in [6.45, 7) is 11.6. The van der Waals surface area contributed by atoms with E-state index in [0.29, 0.717) is 19.1 Å². The number of aromatic nitrogens is 1. The third kappa shape index (κ3) is 6.61. The Balaban J connectivity index is 0.00000280. The van der Waals surface area contributed by atoms with Crippen molar-refractivity contribution >= 4 is 35.8 Å². The first-order valence-corrected chi connectivity index (χ1v) is 10.0. The molecule has 0 spiro atoms. The number of piperazine rings is 1. The van der Waals surface area contributed by atoms with E-state index in [2.05, 4.69) is 32.5 Å². The van der Waals surface area contributed by atoms with Gasteiger partial charge in [-0.05, 0) is 40.0 Å². The van der Waals surface area contributed by atoms with E-state index in [4.69, 9.17) is 9.52 Å². The van der Waals surface area contributed by atoms with Crippen molar-refractivity contribution < 1.29 is 9.32 Å². The zero-order valence-corrected chi connectivity index (χ0v) is 19.5. The molecule has 2 heterocycles. The average Bonchev–Trinajstić information content (AvgIpc) is 3.40. The van der Waals surface area contributed by atoms with Gasteiger partial charge in [0.05, 0.1) is 12.2 Å². The van der Waals surface area contributed by atoms with Crippen LogP contribution in [0.5, 0.6) is 0 Å². The number of amides is 1. The molecular formula is C19H33IN6O2. The second-order valence-electron chi connectivity index (χ2n) is 7.39. The second kappa shape index (κ2) is 11.0. The van der Waals surface area contributed by atoms with Crippen LogP contribution in [0.25, 0.3) is 0 Å². The SMILES string of the molecule is CCNC(=NCCc1c(C)noc1C)N1CCN(CC(=O)NC2CC2)CC1.I. The van der Waals surface area contributed by atoms with Crippen LogP contribution in [0, 0.1) is 13.8 Å². The van der Waals surface area contributed by atoms with Gasteiger partial charge in [-0.2, -0.15) is 0 Å². The van der Waals surface area contributed by atoms with Crippen molar-refractivity contribution in [2.75, 3.05) is 45.8 Å². The Kier molecular flexibility index (Phi) is 9.00. The maximum Gasteiger partial charge on any atom is 0.234 e. The number of aryl methyl sites for hydroxylation is 2. The molecule has 1 saturated carbocycles. The van der Waals surface area contributed by atoms with Crippen molar-refractivity contribution in [1.29, 1.82) is 0 Å². The lowest BCUT2D eigenvalue weighted by Gasteiger charge is -2.36. The van der Waals surface area contributed by atoms with E-state index in [-0.39, 0.29) is 29.9 Å². The number of nitrogens with zero attached hydrogens (tertiary/aromatic N) is 4. The summed E-state index contributed by atoms with van der Waals surface area (Å²) < 4.78 is 5.23. The second-order valence-corrected chi connectivity index (χ2v) is 7.39. The zero-order valence-electron chi connectivity index (χ0n) is 17.2. The number of halogens is 1. The quantitative estimate of drug-likeness (QED) is 0.331. The fourth-order valence-corrected chi connectivity index (χ4v) is 3.38. The summed E-state index contributed by atoms with van der Waals surface area (Å²) in [4.78, 5) is 21.3. The highest BCUT2D eigenvalue weighted by molar-refractivity contribution is 14.0. The van der Waals surface area contributed by atoms with Gasteiger partial charge in [0.15, 0.2) is 5.96 Å². The van der Waals surface area contributed by atoms with Gasteiger partial charge in [0, 0.05) is 50.9 Å². The molecule has 0 unspecified atom stereocenters. The number of carbonyl (C=O) groups is 1. The molecule has 0 atom stereocenters. The highest BCUT2D eigenvalue weighted by Gasteiger charge is 2.25. The lowest BCUT2D eigenvalue weighted by atomic mass is 10.1. The van der Waals surface area contributed by atoms with Crippen LogP contribution in [-0.2, 0) is 11.2 Å². The Morgan fingerprint density at radius 1 is 1.25 bits per heavy atom. The summed E-state index contributed by atoms with van der Waals surface area (Å²) in [6, 6.07) is 0.434. The first kappa shape index (κ1) is 22.9. The lowest BCUT2D eigenvalue weighted by Crippen LogP contribution is -2.54. The van der Waals surface area contributed by atoms with Crippen molar-refractivity contribution in [3.63, 3.8) is 0 Å². The monoisotopic (exact) mass is 504 g/mol. The molecular weight excluding hydrogens is 471 g/mol. The smallest absolute Gasteiger partial charge is 0.234 e. The van der Waals surface area contributed by atoms with Crippen molar-refractivity contribution in [2.24, 2.45) is 4.99 Å². The number of guanidine groups is 1. The number of hydrogen-bond donors (Lipinski definition) is 2. The summed E-state index contributed by atoms with van der Waals surface area (Å²) >= 11 is 0. The predicted molar refractivity (Wildman–Crippen MR) is 120 cm³/mol. The third-order valence-corrected chi connectivity index (χ3v) is 5.12. The number of carbonyl (C=O) groups excluding carboxylic acids is 1. The van der Waals surface area contributed by atoms with Crippen LogP contribution >= 0.6 is 24.0 Å². The number of rotatable bonds is 7. The first-order chi connectivity index (χ1) is 13.1. The van der Waals surface area contributed by atoms with Gasteiger partial charge >= 0.3 is 0 Å². The van der Waals surface area contributed by atoms with E-state index < -0.39 is 0 Å². The Morgan fingerprint density at radius 2 is 1.96 bits per heavy atom. The fourth-order valence-electron chi connectivity index (χ4n) is 3.38. The molecule has 3 rings (SSSR count). The molecule has 0 bridgehead atoms. The molecule has 158 valence electrons. The lowest BCUT2D eigenvalue weighted by molar-refractivity contribution is -0.122.